The lowest BCUT2D eigenvalue weighted by Gasteiger charge is -2.11. The molecule has 0 aliphatic rings. The maximum absolute atomic E-state index is 13.0. The third-order valence-electron chi connectivity index (χ3n) is 4.38. The van der Waals surface area contributed by atoms with Crippen LogP contribution in [0.4, 0.5) is 24.7 Å². The molecule has 4 aromatic rings. The minimum atomic E-state index is -4.39. The van der Waals surface area contributed by atoms with Gasteiger partial charge in [0.1, 0.15) is 5.82 Å². The highest BCUT2D eigenvalue weighted by atomic mass is 19.4. The van der Waals surface area contributed by atoms with Crippen molar-refractivity contribution in [2.45, 2.75) is 6.18 Å². The predicted molar refractivity (Wildman–Crippen MR) is 98.7 cm³/mol. The van der Waals surface area contributed by atoms with Gasteiger partial charge in [-0.3, -0.25) is 4.98 Å². The zero-order chi connectivity index (χ0) is 19.0. The molecule has 0 saturated carbocycles. The second kappa shape index (κ2) is 6.42. The number of nitrogens with zero attached hydrogens (tertiary/aromatic N) is 3. The van der Waals surface area contributed by atoms with Crippen molar-refractivity contribution in [3.63, 3.8) is 0 Å². The molecule has 3 heterocycles. The Morgan fingerprint density at radius 1 is 1.00 bits per heavy atom. The summed E-state index contributed by atoms with van der Waals surface area (Å²) in [4.78, 5) is 8.46. The van der Waals surface area contributed by atoms with Gasteiger partial charge in [-0.1, -0.05) is 6.07 Å². The molecule has 0 unspecified atom stereocenters. The van der Waals surface area contributed by atoms with Crippen LogP contribution in [0.2, 0.25) is 0 Å². The molecule has 0 spiro atoms. The minimum absolute atomic E-state index is 0.330. The van der Waals surface area contributed by atoms with E-state index in [0.717, 1.165) is 34.3 Å². The largest absolute Gasteiger partial charge is 0.416 e. The van der Waals surface area contributed by atoms with E-state index in [1.54, 1.807) is 24.7 Å². The average Bonchev–Trinajstić information content (AvgIpc) is 3.00. The van der Waals surface area contributed by atoms with Crippen molar-refractivity contribution in [1.82, 2.24) is 14.5 Å². The van der Waals surface area contributed by atoms with Gasteiger partial charge in [0.05, 0.1) is 16.8 Å². The number of fused-ring (bicyclic) bond motifs is 1. The molecule has 7 heteroatoms. The topological polar surface area (TPSA) is 42.7 Å². The van der Waals surface area contributed by atoms with Gasteiger partial charge >= 0.3 is 6.18 Å². The average molecular weight is 368 g/mol. The number of rotatable bonds is 3. The highest BCUT2D eigenvalue weighted by molar-refractivity contribution is 5.95. The summed E-state index contributed by atoms with van der Waals surface area (Å²) in [6, 6.07) is 12.7. The van der Waals surface area contributed by atoms with Crippen molar-refractivity contribution in [1.29, 1.82) is 0 Å². The van der Waals surface area contributed by atoms with Crippen LogP contribution in [0.1, 0.15) is 5.56 Å². The number of hydrogen-bond donors (Lipinski definition) is 1. The molecule has 0 atom stereocenters. The Morgan fingerprint density at radius 3 is 2.59 bits per heavy atom. The maximum Gasteiger partial charge on any atom is 0.416 e. The lowest BCUT2D eigenvalue weighted by molar-refractivity contribution is -0.137. The SMILES string of the molecule is Cn1c(-c2cccnc2)cc2c(Nc3cccc(C(F)(F)F)c3)nccc21. The molecular formula is C20H15F3N4. The molecule has 0 fully saturated rings. The number of alkyl halides is 3. The smallest absolute Gasteiger partial charge is 0.343 e. The number of halogens is 3. The summed E-state index contributed by atoms with van der Waals surface area (Å²) in [5.74, 6) is 0.498. The van der Waals surface area contributed by atoms with Crippen LogP contribution in [0.3, 0.4) is 0 Å². The Kier molecular flexibility index (Phi) is 4.07. The lowest BCUT2D eigenvalue weighted by Crippen LogP contribution is -2.05. The van der Waals surface area contributed by atoms with Crippen LogP contribution >= 0.6 is 0 Å². The van der Waals surface area contributed by atoms with Gasteiger partial charge < -0.3 is 9.88 Å². The number of nitrogens with one attached hydrogen (secondary N) is 1. The second-order valence-electron chi connectivity index (χ2n) is 6.13. The highest BCUT2D eigenvalue weighted by Crippen LogP contribution is 2.34. The molecule has 136 valence electrons. The van der Waals surface area contributed by atoms with E-state index in [2.05, 4.69) is 15.3 Å². The van der Waals surface area contributed by atoms with Crippen LogP contribution in [0, 0.1) is 0 Å². The third-order valence-corrected chi connectivity index (χ3v) is 4.38. The number of anilines is 2. The second-order valence-corrected chi connectivity index (χ2v) is 6.13. The van der Waals surface area contributed by atoms with Gasteiger partial charge in [-0.05, 0) is 42.5 Å². The van der Waals surface area contributed by atoms with E-state index in [-0.39, 0.29) is 0 Å². The molecule has 0 aliphatic carbocycles. The molecule has 1 N–H and O–H groups in total. The third kappa shape index (κ3) is 3.23. The van der Waals surface area contributed by atoms with Gasteiger partial charge in [0.25, 0.3) is 0 Å². The van der Waals surface area contributed by atoms with Crippen LogP contribution in [0.15, 0.2) is 67.1 Å². The van der Waals surface area contributed by atoms with Crippen molar-refractivity contribution in [3.8, 4) is 11.3 Å². The molecule has 3 aromatic heterocycles. The zero-order valence-electron chi connectivity index (χ0n) is 14.3. The van der Waals surface area contributed by atoms with Gasteiger partial charge in [-0.2, -0.15) is 13.2 Å². The Morgan fingerprint density at radius 2 is 1.85 bits per heavy atom. The van der Waals surface area contributed by atoms with Crippen molar-refractivity contribution >= 4 is 22.4 Å². The van der Waals surface area contributed by atoms with Gasteiger partial charge in [0.2, 0.25) is 0 Å². The van der Waals surface area contributed by atoms with Gasteiger partial charge in [0.15, 0.2) is 0 Å². The summed E-state index contributed by atoms with van der Waals surface area (Å²) in [6.07, 6.45) is 0.707. The van der Waals surface area contributed by atoms with Crippen molar-refractivity contribution in [2.24, 2.45) is 7.05 Å². The summed E-state index contributed by atoms with van der Waals surface area (Å²) in [5.41, 5.74) is 2.43. The summed E-state index contributed by atoms with van der Waals surface area (Å²) in [7, 11) is 1.93. The molecule has 4 rings (SSSR count). The number of pyridine rings is 2. The Labute approximate surface area is 153 Å². The minimum Gasteiger partial charge on any atom is -0.343 e. The number of aryl methyl sites for hydroxylation is 1. The van der Waals surface area contributed by atoms with Crippen LogP contribution in [0.25, 0.3) is 22.2 Å². The Hall–Kier alpha value is -3.35. The fraction of sp³-hybridized carbons (Fsp3) is 0.100. The maximum atomic E-state index is 13.0. The van der Waals surface area contributed by atoms with E-state index in [0.29, 0.717) is 11.5 Å². The normalized spacial score (nSPS) is 11.7. The molecule has 27 heavy (non-hydrogen) atoms. The first-order chi connectivity index (χ1) is 12.9. The van der Waals surface area contributed by atoms with E-state index < -0.39 is 11.7 Å². The van der Waals surface area contributed by atoms with E-state index in [1.165, 1.54) is 6.07 Å². The van der Waals surface area contributed by atoms with Crippen molar-refractivity contribution in [2.75, 3.05) is 5.32 Å². The highest BCUT2D eigenvalue weighted by Gasteiger charge is 2.30. The summed E-state index contributed by atoms with van der Waals surface area (Å²) in [6.45, 7) is 0. The fourth-order valence-corrected chi connectivity index (χ4v) is 3.06. The van der Waals surface area contributed by atoms with Crippen LogP contribution in [0.5, 0.6) is 0 Å². The monoisotopic (exact) mass is 368 g/mol. The Bertz CT molecular complexity index is 1100. The predicted octanol–water partition coefficient (Wildman–Crippen LogP) is 5.40. The summed E-state index contributed by atoms with van der Waals surface area (Å²) >= 11 is 0. The first-order valence-corrected chi connectivity index (χ1v) is 8.22. The van der Waals surface area contributed by atoms with E-state index in [4.69, 9.17) is 0 Å². The molecular weight excluding hydrogens is 353 g/mol. The first kappa shape index (κ1) is 17.1. The molecule has 0 saturated heterocycles. The van der Waals surface area contributed by atoms with E-state index in [9.17, 15) is 13.2 Å². The molecule has 4 nitrogen and oxygen atoms in total. The number of benzene rings is 1. The number of aromatic nitrogens is 3. The molecule has 0 aliphatic heterocycles. The van der Waals surface area contributed by atoms with Crippen molar-refractivity contribution in [3.05, 3.63) is 72.7 Å². The first-order valence-electron chi connectivity index (χ1n) is 8.22. The number of hydrogen-bond acceptors (Lipinski definition) is 3. The zero-order valence-corrected chi connectivity index (χ0v) is 14.3. The quantitative estimate of drug-likeness (QED) is 0.527. The van der Waals surface area contributed by atoms with Gasteiger partial charge in [-0.15, -0.1) is 0 Å². The van der Waals surface area contributed by atoms with Gasteiger partial charge in [-0.25, -0.2) is 4.98 Å². The summed E-state index contributed by atoms with van der Waals surface area (Å²) in [5, 5.41) is 3.83. The van der Waals surface area contributed by atoms with Crippen LogP contribution in [-0.2, 0) is 13.2 Å². The standard InChI is InChI=1S/C20H15F3N4/c1-27-17-7-9-25-19(16(17)11-18(27)13-4-3-8-24-12-13)26-15-6-2-5-14(10-15)20(21,22)23/h2-12H,1H3,(H,25,26). The van der Waals surface area contributed by atoms with E-state index in [1.807, 2.05) is 35.9 Å². The van der Waals surface area contributed by atoms with Crippen LogP contribution < -0.4 is 5.32 Å². The van der Waals surface area contributed by atoms with E-state index >= 15 is 0 Å². The molecule has 0 radical (unpaired) electrons. The fourth-order valence-electron chi connectivity index (χ4n) is 3.06. The summed E-state index contributed by atoms with van der Waals surface area (Å²) < 4.78 is 40.9. The van der Waals surface area contributed by atoms with Gasteiger partial charge in [0, 0.05) is 42.3 Å². The molecule has 1 aromatic carbocycles. The molecule has 0 bridgehead atoms. The van der Waals surface area contributed by atoms with Crippen LogP contribution in [-0.4, -0.2) is 14.5 Å². The van der Waals surface area contributed by atoms with Crippen molar-refractivity contribution < 1.29 is 13.2 Å². The molecule has 0 amide bonds. The Balaban J connectivity index is 1.78. The lowest BCUT2D eigenvalue weighted by atomic mass is 10.2.